The predicted octanol–water partition coefficient (Wildman–Crippen LogP) is 2.85. The van der Waals surface area contributed by atoms with Gasteiger partial charge in [0.05, 0.1) is 22.0 Å². The molecule has 5 nitrogen and oxygen atoms in total. The fourth-order valence-corrected chi connectivity index (χ4v) is 2.78. The van der Waals surface area contributed by atoms with E-state index in [1.807, 2.05) is 13.8 Å². The molecule has 0 aliphatic heterocycles. The van der Waals surface area contributed by atoms with Crippen molar-refractivity contribution in [2.75, 3.05) is 7.11 Å². The first-order chi connectivity index (χ1) is 9.58. The van der Waals surface area contributed by atoms with Gasteiger partial charge in [-0.3, -0.25) is 0 Å². The first kappa shape index (κ1) is 14.5. The number of aryl methyl sites for hydroxylation is 2. The van der Waals surface area contributed by atoms with Crippen molar-refractivity contribution in [2.24, 2.45) is 4.99 Å². The summed E-state index contributed by atoms with van der Waals surface area (Å²) >= 11 is 3.00. The summed E-state index contributed by atoms with van der Waals surface area (Å²) in [6.45, 7) is 3.82. The number of hydrogen-bond acceptors (Lipinski definition) is 7. The molecule has 0 bridgehead atoms. The minimum atomic E-state index is -0.478. The Morgan fingerprint density at radius 3 is 2.30 bits per heavy atom. The van der Waals surface area contributed by atoms with Crippen molar-refractivity contribution in [1.82, 2.24) is 9.97 Å². The summed E-state index contributed by atoms with van der Waals surface area (Å²) < 4.78 is 4.74. The average Bonchev–Trinajstić information content (AvgIpc) is 3.02. The lowest BCUT2D eigenvalue weighted by Crippen LogP contribution is -2.02. The van der Waals surface area contributed by atoms with Crippen molar-refractivity contribution >= 4 is 40.9 Å². The smallest absolute Gasteiger partial charge is 0.356 e. The molecular weight excluding hydrogens is 294 g/mol. The molecule has 0 amide bonds. The molecule has 2 heterocycles. The van der Waals surface area contributed by atoms with E-state index in [9.17, 15) is 4.79 Å². The summed E-state index contributed by atoms with van der Waals surface area (Å²) in [5.74, 6) is -0.478. The van der Waals surface area contributed by atoms with Crippen LogP contribution in [0.5, 0.6) is 0 Å². The molecule has 0 aromatic carbocycles. The van der Waals surface area contributed by atoms with E-state index in [0.717, 1.165) is 19.8 Å². The van der Waals surface area contributed by atoms with Crippen LogP contribution in [0.15, 0.2) is 23.1 Å². The summed E-state index contributed by atoms with van der Waals surface area (Å²) in [4.78, 5) is 25.9. The maximum absolute atomic E-state index is 11.7. The molecule has 7 heteroatoms. The standard InChI is InChI=1S/C13H13N3O2S2/c1-8-14-5-10(19-8)4-12(13(17)18-3)16-7-11-6-15-9(2)20-11/h4-7H,1-3H3/b12-4+,16-7?. The van der Waals surface area contributed by atoms with Crippen LogP contribution < -0.4 is 0 Å². The Morgan fingerprint density at radius 2 is 1.80 bits per heavy atom. The Balaban J connectivity index is 2.26. The minimum absolute atomic E-state index is 0.238. The Morgan fingerprint density at radius 1 is 1.20 bits per heavy atom. The molecular formula is C13H13N3O2S2. The normalized spacial score (nSPS) is 12.1. The van der Waals surface area contributed by atoms with Gasteiger partial charge in [0.1, 0.15) is 5.70 Å². The highest BCUT2D eigenvalue weighted by molar-refractivity contribution is 7.13. The summed E-state index contributed by atoms with van der Waals surface area (Å²) in [5.41, 5.74) is 0.238. The van der Waals surface area contributed by atoms with Crippen molar-refractivity contribution in [3.05, 3.63) is 37.9 Å². The largest absolute Gasteiger partial charge is 0.464 e. The lowest BCUT2D eigenvalue weighted by atomic mass is 10.3. The predicted molar refractivity (Wildman–Crippen MR) is 81.3 cm³/mol. The lowest BCUT2D eigenvalue weighted by Gasteiger charge is -1.98. The van der Waals surface area contributed by atoms with Crippen LogP contribution in [0, 0.1) is 13.8 Å². The average molecular weight is 307 g/mol. The Bertz CT molecular complexity index is 671. The third-order valence-electron chi connectivity index (χ3n) is 2.28. The summed E-state index contributed by atoms with van der Waals surface area (Å²) in [6, 6.07) is 0. The zero-order chi connectivity index (χ0) is 14.5. The van der Waals surface area contributed by atoms with Gasteiger partial charge in [0.2, 0.25) is 0 Å². The van der Waals surface area contributed by atoms with Gasteiger partial charge in [-0.2, -0.15) is 0 Å². The van der Waals surface area contributed by atoms with E-state index in [4.69, 9.17) is 4.74 Å². The molecule has 2 aromatic heterocycles. The number of ether oxygens (including phenoxy) is 1. The second-order valence-electron chi connectivity index (χ2n) is 3.84. The fourth-order valence-electron chi connectivity index (χ4n) is 1.40. The number of methoxy groups -OCH3 is 1. The van der Waals surface area contributed by atoms with E-state index in [2.05, 4.69) is 15.0 Å². The number of carbonyl (C=O) groups excluding carboxylic acids is 1. The van der Waals surface area contributed by atoms with Gasteiger partial charge in [-0.25, -0.2) is 19.8 Å². The summed E-state index contributed by atoms with van der Waals surface area (Å²) in [7, 11) is 1.33. The molecule has 2 rings (SSSR count). The van der Waals surface area contributed by atoms with Gasteiger partial charge in [0.25, 0.3) is 0 Å². The second kappa shape index (κ2) is 6.53. The van der Waals surface area contributed by atoms with Crippen molar-refractivity contribution in [1.29, 1.82) is 0 Å². The van der Waals surface area contributed by atoms with Crippen LogP contribution in [0.3, 0.4) is 0 Å². The molecule has 0 fully saturated rings. The maximum atomic E-state index is 11.7. The number of aromatic nitrogens is 2. The molecule has 0 saturated heterocycles. The highest BCUT2D eigenvalue weighted by Crippen LogP contribution is 2.17. The Hall–Kier alpha value is -1.86. The van der Waals surface area contributed by atoms with Gasteiger partial charge < -0.3 is 4.74 Å². The number of thiazole rings is 2. The SMILES string of the molecule is COC(=O)/C(=C\c1cnc(C)s1)N=Cc1cnc(C)s1. The molecule has 20 heavy (non-hydrogen) atoms. The highest BCUT2D eigenvalue weighted by Gasteiger charge is 2.09. The molecule has 0 radical (unpaired) electrons. The van der Waals surface area contributed by atoms with Crippen LogP contribution in [0.25, 0.3) is 6.08 Å². The first-order valence-corrected chi connectivity index (χ1v) is 7.40. The third kappa shape index (κ3) is 3.82. The monoisotopic (exact) mass is 307 g/mol. The molecule has 0 aliphatic carbocycles. The molecule has 0 saturated carbocycles. The van der Waals surface area contributed by atoms with Crippen LogP contribution in [0.4, 0.5) is 0 Å². The lowest BCUT2D eigenvalue weighted by molar-refractivity contribution is -0.136. The van der Waals surface area contributed by atoms with Crippen LogP contribution in [-0.4, -0.2) is 29.3 Å². The minimum Gasteiger partial charge on any atom is -0.464 e. The zero-order valence-electron chi connectivity index (χ0n) is 11.3. The van der Waals surface area contributed by atoms with Gasteiger partial charge in [0.15, 0.2) is 0 Å². The van der Waals surface area contributed by atoms with Crippen molar-refractivity contribution in [3.63, 3.8) is 0 Å². The third-order valence-corrected chi connectivity index (χ3v) is 3.99. The molecule has 2 aromatic rings. The second-order valence-corrected chi connectivity index (χ2v) is 6.38. The molecule has 104 valence electrons. The van der Waals surface area contributed by atoms with Gasteiger partial charge in [-0.05, 0) is 19.9 Å². The van der Waals surface area contributed by atoms with Crippen molar-refractivity contribution < 1.29 is 9.53 Å². The highest BCUT2D eigenvalue weighted by atomic mass is 32.1. The van der Waals surface area contributed by atoms with E-state index in [1.54, 1.807) is 24.7 Å². The number of carbonyl (C=O) groups is 1. The Labute approximate surface area is 124 Å². The number of hydrogen-bond donors (Lipinski definition) is 0. The topological polar surface area (TPSA) is 64.4 Å². The van der Waals surface area contributed by atoms with E-state index in [1.165, 1.54) is 29.8 Å². The quantitative estimate of drug-likeness (QED) is 0.495. The molecule has 0 spiro atoms. The van der Waals surface area contributed by atoms with E-state index in [0.29, 0.717) is 0 Å². The van der Waals surface area contributed by atoms with Crippen LogP contribution in [0.2, 0.25) is 0 Å². The Kier molecular flexibility index (Phi) is 4.75. The fraction of sp³-hybridized carbons (Fsp3) is 0.231. The van der Waals surface area contributed by atoms with Crippen molar-refractivity contribution in [3.8, 4) is 0 Å². The van der Waals surface area contributed by atoms with Gasteiger partial charge >= 0.3 is 5.97 Å². The van der Waals surface area contributed by atoms with Gasteiger partial charge in [-0.1, -0.05) is 0 Å². The zero-order valence-corrected chi connectivity index (χ0v) is 12.9. The maximum Gasteiger partial charge on any atom is 0.356 e. The van der Waals surface area contributed by atoms with E-state index in [-0.39, 0.29) is 5.70 Å². The molecule has 0 atom stereocenters. The molecule has 0 aliphatic rings. The summed E-state index contributed by atoms with van der Waals surface area (Å²) in [6.07, 6.45) is 6.70. The van der Waals surface area contributed by atoms with Gasteiger partial charge in [0, 0.05) is 23.5 Å². The van der Waals surface area contributed by atoms with Gasteiger partial charge in [-0.15, -0.1) is 22.7 Å². The molecule has 0 N–H and O–H groups in total. The molecule has 0 unspecified atom stereocenters. The van der Waals surface area contributed by atoms with Crippen LogP contribution in [0.1, 0.15) is 19.8 Å². The number of esters is 1. The number of rotatable bonds is 4. The number of nitrogens with zero attached hydrogens (tertiary/aromatic N) is 3. The first-order valence-electron chi connectivity index (χ1n) is 5.77. The van der Waals surface area contributed by atoms with Crippen LogP contribution >= 0.6 is 22.7 Å². The number of aliphatic imine (C=N–C) groups is 1. The van der Waals surface area contributed by atoms with Crippen LogP contribution in [-0.2, 0) is 9.53 Å². The van der Waals surface area contributed by atoms with Crippen molar-refractivity contribution in [2.45, 2.75) is 13.8 Å². The van der Waals surface area contributed by atoms with E-state index < -0.39 is 5.97 Å². The summed E-state index contributed by atoms with van der Waals surface area (Å²) in [5, 5.41) is 1.88. The van der Waals surface area contributed by atoms with E-state index >= 15 is 0 Å².